The summed E-state index contributed by atoms with van der Waals surface area (Å²) in [5, 5.41) is 0. The van der Waals surface area contributed by atoms with E-state index >= 15 is 0 Å². The summed E-state index contributed by atoms with van der Waals surface area (Å²) in [5.41, 5.74) is 1.03. The average molecular weight is 349 g/mol. The van der Waals surface area contributed by atoms with Crippen LogP contribution in [-0.2, 0) is 16.4 Å². The third-order valence-electron chi connectivity index (χ3n) is 3.59. The number of benzene rings is 2. The summed E-state index contributed by atoms with van der Waals surface area (Å²) in [6.07, 6.45) is 0.593. The van der Waals surface area contributed by atoms with Gasteiger partial charge in [-0.15, -0.1) is 0 Å². The zero-order valence-corrected chi connectivity index (χ0v) is 14.1. The molecule has 0 atom stereocenters. The van der Waals surface area contributed by atoms with Gasteiger partial charge in [0, 0.05) is 12.6 Å². The van der Waals surface area contributed by atoms with Gasteiger partial charge < -0.3 is 14.2 Å². The van der Waals surface area contributed by atoms with E-state index in [-0.39, 0.29) is 11.7 Å². The summed E-state index contributed by atoms with van der Waals surface area (Å²) in [6.45, 7) is 2.97. The van der Waals surface area contributed by atoms with Crippen molar-refractivity contribution in [3.63, 3.8) is 0 Å². The van der Waals surface area contributed by atoms with E-state index in [2.05, 4.69) is 4.72 Å². The second-order valence-corrected chi connectivity index (χ2v) is 7.01. The molecule has 0 saturated carbocycles. The van der Waals surface area contributed by atoms with Gasteiger partial charge in [-0.25, -0.2) is 13.1 Å². The monoisotopic (exact) mass is 349 g/mol. The van der Waals surface area contributed by atoms with E-state index in [1.165, 1.54) is 12.1 Å². The molecule has 7 heteroatoms. The predicted octanol–water partition coefficient (Wildman–Crippen LogP) is 2.33. The molecule has 128 valence electrons. The maximum absolute atomic E-state index is 12.3. The first-order valence-electron chi connectivity index (χ1n) is 7.69. The fourth-order valence-electron chi connectivity index (χ4n) is 2.38. The molecule has 1 aliphatic rings. The van der Waals surface area contributed by atoms with Gasteiger partial charge in [0.05, 0.1) is 11.5 Å². The fourth-order valence-corrected chi connectivity index (χ4v) is 3.42. The van der Waals surface area contributed by atoms with Crippen LogP contribution in [0, 0.1) is 0 Å². The molecule has 0 fully saturated rings. The van der Waals surface area contributed by atoms with E-state index in [4.69, 9.17) is 14.2 Å². The van der Waals surface area contributed by atoms with E-state index in [0.29, 0.717) is 31.1 Å². The number of sulfonamides is 1. The first-order valence-corrected chi connectivity index (χ1v) is 9.18. The van der Waals surface area contributed by atoms with Crippen LogP contribution >= 0.6 is 0 Å². The van der Waals surface area contributed by atoms with Crippen molar-refractivity contribution in [2.24, 2.45) is 0 Å². The van der Waals surface area contributed by atoms with Crippen LogP contribution in [0.2, 0.25) is 0 Å². The lowest BCUT2D eigenvalue weighted by atomic mass is 10.1. The van der Waals surface area contributed by atoms with E-state index in [9.17, 15) is 8.42 Å². The Morgan fingerprint density at radius 3 is 2.58 bits per heavy atom. The normalized spacial score (nSPS) is 13.0. The van der Waals surface area contributed by atoms with Crippen molar-refractivity contribution in [2.75, 3.05) is 19.9 Å². The van der Waals surface area contributed by atoms with Gasteiger partial charge in [-0.05, 0) is 43.2 Å². The van der Waals surface area contributed by atoms with Gasteiger partial charge in [0.1, 0.15) is 5.75 Å². The van der Waals surface area contributed by atoms with E-state index in [0.717, 1.165) is 11.3 Å². The Labute approximate surface area is 141 Å². The molecular weight excluding hydrogens is 330 g/mol. The van der Waals surface area contributed by atoms with Crippen LogP contribution in [0.5, 0.6) is 17.2 Å². The summed E-state index contributed by atoms with van der Waals surface area (Å²) in [6, 6.07) is 12.2. The van der Waals surface area contributed by atoms with Crippen molar-refractivity contribution in [1.82, 2.24) is 4.72 Å². The smallest absolute Gasteiger partial charge is 0.240 e. The Balaban J connectivity index is 1.59. The minimum absolute atomic E-state index is 0.115. The minimum Gasteiger partial charge on any atom is -0.494 e. The first-order chi connectivity index (χ1) is 11.6. The van der Waals surface area contributed by atoms with Crippen LogP contribution in [0.25, 0.3) is 0 Å². The van der Waals surface area contributed by atoms with E-state index < -0.39 is 10.0 Å². The van der Waals surface area contributed by atoms with Crippen molar-refractivity contribution < 1.29 is 22.6 Å². The van der Waals surface area contributed by atoms with Crippen molar-refractivity contribution in [1.29, 1.82) is 0 Å². The van der Waals surface area contributed by atoms with Crippen molar-refractivity contribution in [3.05, 3.63) is 48.0 Å². The van der Waals surface area contributed by atoms with Gasteiger partial charge >= 0.3 is 0 Å². The molecule has 1 heterocycles. The number of rotatable bonds is 7. The highest BCUT2D eigenvalue weighted by molar-refractivity contribution is 7.89. The average Bonchev–Trinajstić information content (AvgIpc) is 3.04. The SMILES string of the molecule is CCOc1ccc(CCNS(=O)(=O)c2ccc3c(c2)OCO3)cc1. The number of ether oxygens (including phenoxy) is 3. The molecule has 0 bridgehead atoms. The van der Waals surface area contributed by atoms with Crippen LogP contribution in [0.3, 0.4) is 0 Å². The molecule has 1 aliphatic heterocycles. The molecule has 2 aromatic carbocycles. The van der Waals surface area contributed by atoms with Gasteiger partial charge in [0.25, 0.3) is 0 Å². The van der Waals surface area contributed by atoms with E-state index in [1.54, 1.807) is 6.07 Å². The van der Waals surface area contributed by atoms with Crippen LogP contribution < -0.4 is 18.9 Å². The molecule has 3 rings (SSSR count). The first kappa shape index (κ1) is 16.6. The van der Waals surface area contributed by atoms with Gasteiger partial charge in [-0.1, -0.05) is 12.1 Å². The zero-order valence-electron chi connectivity index (χ0n) is 13.3. The molecule has 0 spiro atoms. The lowest BCUT2D eigenvalue weighted by Crippen LogP contribution is -2.26. The molecular formula is C17H19NO5S. The Morgan fingerprint density at radius 2 is 1.83 bits per heavy atom. The van der Waals surface area contributed by atoms with Crippen molar-refractivity contribution >= 4 is 10.0 Å². The molecule has 0 amide bonds. The Morgan fingerprint density at radius 1 is 1.08 bits per heavy atom. The Kier molecular flexibility index (Phi) is 4.92. The summed E-state index contributed by atoms with van der Waals surface area (Å²) in [5.74, 6) is 1.81. The zero-order chi connectivity index (χ0) is 17.0. The highest BCUT2D eigenvalue weighted by Crippen LogP contribution is 2.33. The Bertz CT molecular complexity index is 802. The summed E-state index contributed by atoms with van der Waals surface area (Å²) in [4.78, 5) is 0.165. The molecule has 0 aromatic heterocycles. The molecule has 0 radical (unpaired) electrons. The van der Waals surface area contributed by atoms with Gasteiger partial charge in [0.2, 0.25) is 16.8 Å². The van der Waals surface area contributed by atoms with Gasteiger partial charge in [-0.2, -0.15) is 0 Å². The third kappa shape index (κ3) is 3.80. The summed E-state index contributed by atoms with van der Waals surface area (Å²) < 4.78 is 43.0. The minimum atomic E-state index is -3.58. The Hall–Kier alpha value is -2.25. The number of nitrogens with one attached hydrogen (secondary N) is 1. The van der Waals surface area contributed by atoms with Gasteiger partial charge in [-0.3, -0.25) is 0 Å². The van der Waals surface area contributed by atoms with Crippen LogP contribution in [0.4, 0.5) is 0 Å². The highest BCUT2D eigenvalue weighted by Gasteiger charge is 2.19. The van der Waals surface area contributed by atoms with Gasteiger partial charge in [0.15, 0.2) is 11.5 Å². The summed E-state index contributed by atoms with van der Waals surface area (Å²) >= 11 is 0. The maximum Gasteiger partial charge on any atom is 0.240 e. The predicted molar refractivity (Wildman–Crippen MR) is 89.1 cm³/mol. The van der Waals surface area contributed by atoms with E-state index in [1.807, 2.05) is 31.2 Å². The van der Waals surface area contributed by atoms with Crippen molar-refractivity contribution in [3.8, 4) is 17.2 Å². The second-order valence-electron chi connectivity index (χ2n) is 5.24. The molecule has 2 aromatic rings. The molecule has 6 nitrogen and oxygen atoms in total. The maximum atomic E-state index is 12.3. The lowest BCUT2D eigenvalue weighted by molar-refractivity contribution is 0.174. The largest absolute Gasteiger partial charge is 0.494 e. The fraction of sp³-hybridized carbons (Fsp3) is 0.294. The lowest BCUT2D eigenvalue weighted by Gasteiger charge is -2.08. The standard InChI is InChI=1S/C17H19NO5S/c1-2-21-14-5-3-13(4-6-14)9-10-18-24(19,20)15-7-8-16-17(11-15)23-12-22-16/h3-8,11,18H,2,9-10,12H2,1H3. The molecule has 0 unspecified atom stereocenters. The molecule has 24 heavy (non-hydrogen) atoms. The van der Waals surface area contributed by atoms with Crippen LogP contribution in [-0.4, -0.2) is 28.4 Å². The highest BCUT2D eigenvalue weighted by atomic mass is 32.2. The molecule has 1 N–H and O–H groups in total. The molecule has 0 saturated heterocycles. The topological polar surface area (TPSA) is 73.9 Å². The van der Waals surface area contributed by atoms with Crippen LogP contribution in [0.1, 0.15) is 12.5 Å². The number of hydrogen-bond donors (Lipinski definition) is 1. The van der Waals surface area contributed by atoms with Crippen molar-refractivity contribution in [2.45, 2.75) is 18.2 Å². The third-order valence-corrected chi connectivity index (χ3v) is 5.05. The van der Waals surface area contributed by atoms with Crippen LogP contribution in [0.15, 0.2) is 47.4 Å². The number of fused-ring (bicyclic) bond motifs is 1. The second kappa shape index (κ2) is 7.11. The summed E-state index contributed by atoms with van der Waals surface area (Å²) in [7, 11) is -3.58. The number of hydrogen-bond acceptors (Lipinski definition) is 5. The molecule has 0 aliphatic carbocycles. The quantitative estimate of drug-likeness (QED) is 0.830.